The molecule has 0 aromatic rings. The van der Waals surface area contributed by atoms with Crippen LogP contribution in [0.3, 0.4) is 0 Å². The first-order chi connectivity index (χ1) is 6.56. The molecule has 0 amide bonds. The van der Waals surface area contributed by atoms with Gasteiger partial charge in [-0.05, 0) is 0 Å². The fourth-order valence-corrected chi connectivity index (χ4v) is 2.05. The maximum Gasteiger partial charge on any atom is 0.340 e. The Morgan fingerprint density at radius 3 is 2.07 bits per heavy atom. The molecular weight excluding hydrogens is 205 g/mol. The Morgan fingerprint density at radius 1 is 1.29 bits per heavy atom. The van der Waals surface area contributed by atoms with Crippen LogP contribution in [-0.2, 0) is 9.09 Å². The Hall–Kier alpha value is 0.0300. The molecule has 3 N–H and O–H groups in total. The van der Waals surface area contributed by atoms with Gasteiger partial charge in [0.2, 0.25) is 0 Å². The smallest absolute Gasteiger partial charge is 0.314 e. The topological polar surface area (TPSA) is 79.0 Å². The summed E-state index contributed by atoms with van der Waals surface area (Å²) in [5, 5.41) is 10.2. The highest BCUT2D eigenvalue weighted by molar-refractivity contribution is 7.53. The van der Waals surface area contributed by atoms with Crippen molar-refractivity contribution in [2.45, 2.75) is 13.8 Å². The minimum Gasteiger partial charge on any atom is -0.314 e. The van der Waals surface area contributed by atoms with Gasteiger partial charge < -0.3 is 9.73 Å². The average Bonchev–Trinajstić information content (AvgIpc) is 2.21. The summed E-state index contributed by atoms with van der Waals surface area (Å²) >= 11 is 0. The van der Waals surface area contributed by atoms with Crippen molar-refractivity contribution in [3.8, 4) is 0 Å². The molecule has 0 radical (unpaired) electrons. The predicted molar refractivity (Wildman–Crippen MR) is 55.1 cm³/mol. The van der Waals surface area contributed by atoms with E-state index in [9.17, 15) is 4.57 Å². The zero-order chi connectivity index (χ0) is 11.2. The predicted octanol–water partition coefficient (Wildman–Crippen LogP) is 0.733. The third kappa shape index (κ3) is 4.04. The lowest BCUT2D eigenvalue weighted by Crippen LogP contribution is -2.44. The molecule has 0 saturated carbocycles. The van der Waals surface area contributed by atoms with Gasteiger partial charge in [-0.2, -0.15) is 5.06 Å². The van der Waals surface area contributed by atoms with Crippen LogP contribution in [0.5, 0.6) is 0 Å². The van der Waals surface area contributed by atoms with Gasteiger partial charge in [-0.1, -0.05) is 13.8 Å². The fraction of sp³-hybridized carbons (Fsp3) is 1.00. The summed E-state index contributed by atoms with van der Waals surface area (Å²) in [4.78, 5) is 0. The molecule has 0 spiro atoms. The molecule has 86 valence electrons. The molecule has 1 saturated heterocycles. The number of nitrogens with two attached hydrogens (primary N) is 1. The number of rotatable bonds is 2. The van der Waals surface area contributed by atoms with Crippen LogP contribution in [0.15, 0.2) is 0 Å². The summed E-state index contributed by atoms with van der Waals surface area (Å²) in [6.07, 6.45) is 0. The molecule has 1 fully saturated rings. The third-order valence-corrected chi connectivity index (χ3v) is 3.60. The van der Waals surface area contributed by atoms with Gasteiger partial charge in [0, 0.05) is 33.3 Å². The van der Waals surface area contributed by atoms with E-state index in [1.165, 1.54) is 12.2 Å². The van der Waals surface area contributed by atoms with Crippen molar-refractivity contribution in [3.05, 3.63) is 0 Å². The van der Waals surface area contributed by atoms with Gasteiger partial charge in [-0.25, -0.2) is 10.2 Å². The Bertz CT molecular complexity index is 195. The number of hydrogen-bond donors (Lipinski definition) is 2. The second-order valence-electron chi connectivity index (χ2n) is 2.65. The molecule has 14 heavy (non-hydrogen) atoms. The SMILES string of the molecule is CC.COP(N)(=O)N1CCN(O)CC1. The van der Waals surface area contributed by atoms with E-state index in [-0.39, 0.29) is 0 Å². The third-order valence-electron chi connectivity index (χ3n) is 1.89. The summed E-state index contributed by atoms with van der Waals surface area (Å²) in [7, 11) is -1.75. The van der Waals surface area contributed by atoms with Crippen LogP contribution < -0.4 is 5.50 Å². The highest BCUT2D eigenvalue weighted by atomic mass is 31.2. The molecule has 1 unspecified atom stereocenters. The Morgan fingerprint density at radius 2 is 1.71 bits per heavy atom. The lowest BCUT2D eigenvalue weighted by molar-refractivity contribution is -0.109. The first-order valence-electron chi connectivity index (χ1n) is 4.70. The zero-order valence-corrected chi connectivity index (χ0v) is 9.91. The molecule has 7 heteroatoms. The van der Waals surface area contributed by atoms with E-state index >= 15 is 0 Å². The minimum atomic E-state index is -3.08. The maximum absolute atomic E-state index is 11.4. The molecule has 1 atom stereocenters. The summed E-state index contributed by atoms with van der Waals surface area (Å²) in [5.74, 6) is 0. The van der Waals surface area contributed by atoms with E-state index in [2.05, 4.69) is 4.52 Å². The second-order valence-corrected chi connectivity index (χ2v) is 4.71. The van der Waals surface area contributed by atoms with E-state index < -0.39 is 7.67 Å². The van der Waals surface area contributed by atoms with Crippen LogP contribution in [0, 0.1) is 0 Å². The molecular formula is C7H20N3O3P. The molecule has 1 heterocycles. The van der Waals surface area contributed by atoms with Crippen molar-refractivity contribution in [1.29, 1.82) is 0 Å². The highest BCUT2D eigenvalue weighted by Gasteiger charge is 2.29. The van der Waals surface area contributed by atoms with Crippen molar-refractivity contribution in [3.63, 3.8) is 0 Å². The first-order valence-corrected chi connectivity index (χ1v) is 6.34. The standard InChI is InChI=1S/C5H14N3O3P.C2H6/c1-11-12(6,10)8-4-2-7(9)3-5-8;1-2/h9H,2-5H2,1H3,(H2,6,10);1-2H3. The monoisotopic (exact) mass is 225 g/mol. The van der Waals surface area contributed by atoms with E-state index in [1.54, 1.807) is 4.67 Å². The largest absolute Gasteiger partial charge is 0.340 e. The van der Waals surface area contributed by atoms with Crippen LogP contribution in [0.1, 0.15) is 13.8 Å². The van der Waals surface area contributed by atoms with Gasteiger partial charge in [0.1, 0.15) is 0 Å². The van der Waals surface area contributed by atoms with Crippen LogP contribution in [0.4, 0.5) is 0 Å². The molecule has 6 nitrogen and oxygen atoms in total. The summed E-state index contributed by atoms with van der Waals surface area (Å²) in [5.41, 5.74) is 5.40. The van der Waals surface area contributed by atoms with Crippen molar-refractivity contribution in [1.82, 2.24) is 9.73 Å². The number of nitrogens with zero attached hydrogens (tertiary/aromatic N) is 2. The van der Waals surface area contributed by atoms with E-state index in [4.69, 9.17) is 10.7 Å². The van der Waals surface area contributed by atoms with Crippen molar-refractivity contribution in [2.75, 3.05) is 33.3 Å². The van der Waals surface area contributed by atoms with Gasteiger partial charge in [0.25, 0.3) is 0 Å². The minimum absolute atomic E-state index is 0.449. The molecule has 1 aliphatic heterocycles. The van der Waals surface area contributed by atoms with E-state index in [0.29, 0.717) is 26.2 Å². The summed E-state index contributed by atoms with van der Waals surface area (Å²) in [6, 6.07) is 0. The highest BCUT2D eigenvalue weighted by Crippen LogP contribution is 2.41. The normalized spacial score (nSPS) is 23.5. The second kappa shape index (κ2) is 6.50. The number of hydrogen-bond acceptors (Lipinski definition) is 4. The van der Waals surface area contributed by atoms with Crippen molar-refractivity contribution >= 4 is 7.67 Å². The summed E-state index contributed by atoms with van der Waals surface area (Å²) in [6.45, 7) is 5.84. The molecule has 0 aromatic carbocycles. The first kappa shape index (κ1) is 14.0. The molecule has 0 aromatic heterocycles. The summed E-state index contributed by atoms with van der Waals surface area (Å²) < 4.78 is 17.7. The van der Waals surface area contributed by atoms with Crippen LogP contribution in [-0.4, -0.2) is 48.2 Å². The number of piperazine rings is 1. The Balaban J connectivity index is 0.000000791. The quantitative estimate of drug-likeness (QED) is 0.674. The number of hydroxylamine groups is 2. The fourth-order valence-electron chi connectivity index (χ4n) is 1.08. The van der Waals surface area contributed by atoms with Crippen LogP contribution in [0.2, 0.25) is 0 Å². The molecule has 1 aliphatic rings. The Kier molecular flexibility index (Phi) is 6.52. The van der Waals surface area contributed by atoms with Gasteiger partial charge in [-0.15, -0.1) is 0 Å². The lowest BCUT2D eigenvalue weighted by Gasteiger charge is -2.33. The molecule has 0 bridgehead atoms. The molecule has 0 aliphatic carbocycles. The van der Waals surface area contributed by atoms with Gasteiger partial charge in [-0.3, -0.25) is 4.57 Å². The molecule has 1 rings (SSSR count). The van der Waals surface area contributed by atoms with E-state index in [1.807, 2.05) is 13.8 Å². The average molecular weight is 225 g/mol. The van der Waals surface area contributed by atoms with Gasteiger partial charge in [0.05, 0.1) is 0 Å². The lowest BCUT2D eigenvalue weighted by atomic mass is 10.4. The zero-order valence-electron chi connectivity index (χ0n) is 9.01. The van der Waals surface area contributed by atoms with E-state index in [0.717, 1.165) is 0 Å². The van der Waals surface area contributed by atoms with Gasteiger partial charge >= 0.3 is 7.67 Å². The maximum atomic E-state index is 11.4. The van der Waals surface area contributed by atoms with Crippen LogP contribution >= 0.6 is 7.67 Å². The van der Waals surface area contributed by atoms with Crippen LogP contribution in [0.25, 0.3) is 0 Å². The van der Waals surface area contributed by atoms with Gasteiger partial charge in [0.15, 0.2) is 0 Å². The van der Waals surface area contributed by atoms with Crippen molar-refractivity contribution < 1.29 is 14.3 Å². The Labute approximate surface area is 85.1 Å². The van der Waals surface area contributed by atoms with Crippen molar-refractivity contribution in [2.24, 2.45) is 5.50 Å².